The van der Waals surface area contributed by atoms with Crippen molar-refractivity contribution in [3.8, 4) is 5.75 Å². The second-order valence-electron chi connectivity index (χ2n) is 9.65. The maximum absolute atomic E-state index is 12.0. The molecule has 14 heteroatoms. The predicted octanol–water partition coefficient (Wildman–Crippen LogP) is -0.835. The number of aryl methyl sites for hydroxylation is 1. The Hall–Kier alpha value is -3.85. The average molecular weight is 579 g/mol. The Labute approximate surface area is 235 Å². The number of aliphatic hydroxyl groups is 3. The van der Waals surface area contributed by atoms with Gasteiger partial charge in [-0.25, -0.2) is 4.79 Å². The standard InChI is InChI=1S/C27H34N2O12/c1-15(30)39-14-17-7-6-16(13-18(17)40-27-24(36)22(34)23(35)25(41-27)26(37)38)5-3-2-4-11-28-19(31)10-12-29-20(32)8-9-21(29)33/h6-9,13,22-25,27,34-36H,2-5,10-12,14H2,1H3,(H,28,31)(H,37,38)/t22-,23-,24+,25-,27+/m0/s1. The molecule has 3 rings (SSSR count). The molecule has 2 aliphatic rings. The molecule has 0 unspecified atom stereocenters. The number of carbonyl (C=O) groups is 5. The van der Waals surface area contributed by atoms with Gasteiger partial charge < -0.3 is 40.0 Å². The van der Waals surface area contributed by atoms with Crippen molar-refractivity contribution in [1.82, 2.24) is 10.2 Å². The molecular formula is C27H34N2O12. The minimum Gasteiger partial charge on any atom is -0.479 e. The van der Waals surface area contributed by atoms with Gasteiger partial charge in [0, 0.05) is 44.1 Å². The van der Waals surface area contributed by atoms with E-state index in [1.54, 1.807) is 18.2 Å². The largest absolute Gasteiger partial charge is 0.479 e. The van der Waals surface area contributed by atoms with Crippen LogP contribution in [-0.4, -0.2) is 98.8 Å². The van der Waals surface area contributed by atoms with E-state index < -0.39 is 54.5 Å². The number of nitrogens with one attached hydrogen (secondary N) is 1. The Bertz CT molecular complexity index is 1150. The molecule has 2 heterocycles. The molecular weight excluding hydrogens is 544 g/mol. The number of benzene rings is 1. The highest BCUT2D eigenvalue weighted by Crippen LogP contribution is 2.29. The number of imide groups is 1. The second-order valence-corrected chi connectivity index (χ2v) is 9.65. The number of ether oxygens (including phenoxy) is 3. The Morgan fingerprint density at radius 1 is 1.00 bits per heavy atom. The topological polar surface area (TPSA) is 209 Å². The first kappa shape index (κ1) is 31.7. The van der Waals surface area contributed by atoms with E-state index in [-0.39, 0.29) is 31.2 Å². The van der Waals surface area contributed by atoms with Gasteiger partial charge in [-0.1, -0.05) is 18.6 Å². The lowest BCUT2D eigenvalue weighted by atomic mass is 9.99. The van der Waals surface area contributed by atoms with Crippen molar-refractivity contribution in [3.05, 3.63) is 41.5 Å². The summed E-state index contributed by atoms with van der Waals surface area (Å²) in [5.74, 6) is -3.08. The van der Waals surface area contributed by atoms with Gasteiger partial charge in [0.25, 0.3) is 11.8 Å². The Kier molecular flexibility index (Phi) is 11.3. The van der Waals surface area contributed by atoms with Gasteiger partial charge in [-0.3, -0.25) is 24.1 Å². The Morgan fingerprint density at radius 3 is 2.37 bits per heavy atom. The van der Waals surface area contributed by atoms with Crippen molar-refractivity contribution >= 4 is 29.7 Å². The van der Waals surface area contributed by atoms with Gasteiger partial charge in [0.1, 0.15) is 30.7 Å². The van der Waals surface area contributed by atoms with Crippen molar-refractivity contribution in [1.29, 1.82) is 0 Å². The minimum atomic E-state index is -1.87. The van der Waals surface area contributed by atoms with Gasteiger partial charge >= 0.3 is 11.9 Å². The molecule has 1 aromatic carbocycles. The first-order chi connectivity index (χ1) is 19.5. The Balaban J connectivity index is 1.51. The molecule has 0 bridgehead atoms. The van der Waals surface area contributed by atoms with Gasteiger partial charge in [-0.2, -0.15) is 0 Å². The van der Waals surface area contributed by atoms with Crippen LogP contribution in [0, 0.1) is 0 Å². The number of aliphatic hydroxyl groups excluding tert-OH is 3. The first-order valence-corrected chi connectivity index (χ1v) is 13.1. The van der Waals surface area contributed by atoms with E-state index in [0.717, 1.165) is 23.3 Å². The van der Waals surface area contributed by atoms with Crippen LogP contribution >= 0.6 is 0 Å². The highest BCUT2D eigenvalue weighted by Gasteiger charge is 2.48. The summed E-state index contributed by atoms with van der Waals surface area (Å²) >= 11 is 0. The molecule has 14 nitrogen and oxygen atoms in total. The summed E-state index contributed by atoms with van der Waals surface area (Å²) in [4.78, 5) is 58.8. The molecule has 0 spiro atoms. The SMILES string of the molecule is CC(=O)OCc1ccc(CCCCCNC(=O)CCN2C(=O)C=CC2=O)cc1O[C@@H]1O[C@H](C(=O)O)[C@@H](O)[C@H](O)[C@H]1O. The van der Waals surface area contributed by atoms with Gasteiger partial charge in [-0.05, 0) is 30.9 Å². The molecule has 0 saturated carbocycles. The van der Waals surface area contributed by atoms with Crippen LogP contribution < -0.4 is 10.1 Å². The number of carboxylic acids is 1. The van der Waals surface area contributed by atoms with Crippen LogP contribution in [0.2, 0.25) is 0 Å². The maximum Gasteiger partial charge on any atom is 0.335 e. The maximum atomic E-state index is 12.0. The summed E-state index contributed by atoms with van der Waals surface area (Å²) in [6.07, 6.45) is -3.79. The fraction of sp³-hybridized carbons (Fsp3) is 0.519. The lowest BCUT2D eigenvalue weighted by Crippen LogP contribution is -2.61. The van der Waals surface area contributed by atoms with E-state index in [1.807, 2.05) is 0 Å². The van der Waals surface area contributed by atoms with E-state index in [0.29, 0.717) is 24.9 Å². The summed E-state index contributed by atoms with van der Waals surface area (Å²) in [7, 11) is 0. The molecule has 0 aliphatic carbocycles. The number of rotatable bonds is 14. The molecule has 41 heavy (non-hydrogen) atoms. The van der Waals surface area contributed by atoms with Crippen molar-refractivity contribution in [2.45, 2.75) is 76.3 Å². The minimum absolute atomic E-state index is 0.0181. The fourth-order valence-corrected chi connectivity index (χ4v) is 4.25. The van der Waals surface area contributed by atoms with Crippen LogP contribution in [-0.2, 0) is 46.5 Å². The number of hydrogen-bond donors (Lipinski definition) is 5. The summed E-state index contributed by atoms with van der Waals surface area (Å²) in [6, 6.07) is 5.06. The Morgan fingerprint density at radius 2 is 1.71 bits per heavy atom. The first-order valence-electron chi connectivity index (χ1n) is 13.1. The van der Waals surface area contributed by atoms with Crippen molar-refractivity contribution in [2.24, 2.45) is 0 Å². The lowest BCUT2D eigenvalue weighted by molar-refractivity contribution is -0.271. The number of esters is 1. The van der Waals surface area contributed by atoms with Crippen LogP contribution in [0.4, 0.5) is 0 Å². The zero-order chi connectivity index (χ0) is 30.1. The number of nitrogens with zero attached hydrogens (tertiary/aromatic N) is 1. The summed E-state index contributed by atoms with van der Waals surface area (Å²) < 4.78 is 16.0. The third-order valence-electron chi connectivity index (χ3n) is 6.55. The smallest absolute Gasteiger partial charge is 0.335 e. The van der Waals surface area contributed by atoms with Gasteiger partial charge in [0.2, 0.25) is 12.2 Å². The quantitative estimate of drug-likeness (QED) is 0.104. The third kappa shape index (κ3) is 8.82. The molecule has 1 saturated heterocycles. The normalized spacial score (nSPS) is 23.9. The van der Waals surface area contributed by atoms with Gasteiger partial charge in [0.15, 0.2) is 6.10 Å². The summed E-state index contributed by atoms with van der Waals surface area (Å²) in [5.41, 5.74) is 1.22. The highest BCUT2D eigenvalue weighted by atomic mass is 16.7. The zero-order valence-electron chi connectivity index (χ0n) is 22.4. The second kappa shape index (κ2) is 14.7. The van der Waals surface area contributed by atoms with Crippen molar-refractivity contribution in [2.75, 3.05) is 13.1 Å². The molecule has 5 atom stereocenters. The average Bonchev–Trinajstić information content (AvgIpc) is 3.25. The van der Waals surface area contributed by atoms with Gasteiger partial charge in [0.05, 0.1) is 0 Å². The van der Waals surface area contributed by atoms with Crippen LogP contribution in [0.5, 0.6) is 5.75 Å². The van der Waals surface area contributed by atoms with E-state index in [1.165, 1.54) is 19.1 Å². The molecule has 0 aromatic heterocycles. The molecule has 1 aromatic rings. The van der Waals surface area contributed by atoms with E-state index >= 15 is 0 Å². The fourth-order valence-electron chi connectivity index (χ4n) is 4.25. The molecule has 0 radical (unpaired) electrons. The molecule has 2 aliphatic heterocycles. The number of hydrogen-bond acceptors (Lipinski definition) is 11. The van der Waals surface area contributed by atoms with Crippen LogP contribution in [0.25, 0.3) is 0 Å². The molecule has 224 valence electrons. The number of carboxylic acid groups (broad SMARTS) is 1. The summed E-state index contributed by atoms with van der Waals surface area (Å²) in [6.45, 7) is 1.50. The number of unbranched alkanes of at least 4 members (excludes halogenated alkanes) is 2. The lowest BCUT2D eigenvalue weighted by Gasteiger charge is -2.38. The molecule has 3 amide bonds. The van der Waals surface area contributed by atoms with Crippen LogP contribution in [0.3, 0.4) is 0 Å². The predicted molar refractivity (Wildman–Crippen MR) is 138 cm³/mol. The van der Waals surface area contributed by atoms with E-state index in [4.69, 9.17) is 14.2 Å². The zero-order valence-corrected chi connectivity index (χ0v) is 22.4. The van der Waals surface area contributed by atoms with Crippen LogP contribution in [0.15, 0.2) is 30.4 Å². The van der Waals surface area contributed by atoms with Crippen LogP contribution in [0.1, 0.15) is 43.7 Å². The van der Waals surface area contributed by atoms with Gasteiger partial charge in [-0.15, -0.1) is 0 Å². The summed E-state index contributed by atoms with van der Waals surface area (Å²) in [5, 5.41) is 42.3. The van der Waals surface area contributed by atoms with E-state index in [2.05, 4.69) is 5.32 Å². The van der Waals surface area contributed by atoms with E-state index in [9.17, 15) is 44.4 Å². The monoisotopic (exact) mass is 578 g/mol. The molecule has 1 fully saturated rings. The number of carbonyl (C=O) groups excluding carboxylic acids is 4. The third-order valence-corrected chi connectivity index (χ3v) is 6.55. The number of aliphatic carboxylic acids is 1. The highest BCUT2D eigenvalue weighted by molar-refractivity contribution is 6.13. The van der Waals surface area contributed by atoms with Crippen molar-refractivity contribution < 1.29 is 58.6 Å². The number of amides is 3. The van der Waals surface area contributed by atoms with Crippen molar-refractivity contribution in [3.63, 3.8) is 0 Å². The molecule has 5 N–H and O–H groups in total.